The maximum atomic E-state index is 12.9. The zero-order chi connectivity index (χ0) is 23.7. The number of nitrogens with two attached hydrogens (primary N) is 1. The fourth-order valence-electron chi connectivity index (χ4n) is 5.32. The van der Waals surface area contributed by atoms with Gasteiger partial charge in [0.15, 0.2) is 0 Å². The minimum absolute atomic E-state index is 0.0948. The second-order valence-corrected chi connectivity index (χ2v) is 9.60. The van der Waals surface area contributed by atoms with Gasteiger partial charge in [0.1, 0.15) is 11.4 Å². The molecule has 1 aliphatic carbocycles. The normalized spacial score (nSPS) is 24.0. The summed E-state index contributed by atoms with van der Waals surface area (Å²) in [6.45, 7) is 4.00. The van der Waals surface area contributed by atoms with E-state index < -0.39 is 5.60 Å². The SMILES string of the molecule is CC1(C)OC(=O)N(C2CCC(c3cnc(N)c(Nc4ncccn4)c3)CC2)[C@@H]1c1ccccc1. The standard InChI is InChI=1S/C26H30N6O2/c1-26(2)22(18-7-4-3-5-8-18)32(25(33)34-26)20-11-9-17(10-12-20)19-15-21(23(27)30-16-19)31-24-28-13-6-14-29-24/h3-8,13-17,20,22H,9-12H2,1-2H3,(H2,27,30)(H,28,29,31)/t17?,20?,22-/m1/s1. The molecule has 1 amide bonds. The van der Waals surface area contributed by atoms with Crippen LogP contribution in [0.3, 0.4) is 0 Å². The number of nitrogens with zero attached hydrogens (tertiary/aromatic N) is 4. The van der Waals surface area contributed by atoms with Gasteiger partial charge in [0.05, 0.1) is 11.7 Å². The Kier molecular flexibility index (Phi) is 5.81. The summed E-state index contributed by atoms with van der Waals surface area (Å²) in [7, 11) is 0. The number of nitrogens with one attached hydrogen (secondary N) is 1. The number of hydrogen-bond donors (Lipinski definition) is 2. The molecule has 1 saturated heterocycles. The van der Waals surface area contributed by atoms with Crippen LogP contribution in [-0.4, -0.2) is 37.6 Å². The highest BCUT2D eigenvalue weighted by molar-refractivity contribution is 5.72. The summed E-state index contributed by atoms with van der Waals surface area (Å²) >= 11 is 0. The van der Waals surface area contributed by atoms with Gasteiger partial charge in [-0.1, -0.05) is 30.3 Å². The topological polar surface area (TPSA) is 106 Å². The number of carbonyl (C=O) groups excluding carboxylic acids is 1. The molecule has 3 heterocycles. The highest BCUT2D eigenvalue weighted by atomic mass is 16.6. The molecule has 2 fully saturated rings. The average Bonchev–Trinajstić information content (AvgIpc) is 3.09. The Labute approximate surface area is 199 Å². The quantitative estimate of drug-likeness (QED) is 0.541. The van der Waals surface area contributed by atoms with Crippen molar-refractivity contribution in [1.82, 2.24) is 19.9 Å². The predicted octanol–water partition coefficient (Wildman–Crippen LogP) is 5.20. The molecule has 0 unspecified atom stereocenters. The summed E-state index contributed by atoms with van der Waals surface area (Å²) in [5.41, 5.74) is 8.48. The molecule has 0 radical (unpaired) electrons. The Hall–Kier alpha value is -3.68. The summed E-state index contributed by atoms with van der Waals surface area (Å²) in [5, 5.41) is 3.16. The summed E-state index contributed by atoms with van der Waals surface area (Å²) in [6, 6.07) is 14.1. The Balaban J connectivity index is 1.31. The van der Waals surface area contributed by atoms with Crippen LogP contribution < -0.4 is 11.1 Å². The number of amides is 1. The summed E-state index contributed by atoms with van der Waals surface area (Å²) in [6.07, 6.45) is 8.74. The molecule has 1 aromatic carbocycles. The van der Waals surface area contributed by atoms with E-state index in [1.807, 2.05) is 49.2 Å². The fraction of sp³-hybridized carbons (Fsp3) is 0.385. The van der Waals surface area contributed by atoms with Crippen LogP contribution in [0, 0.1) is 0 Å². The van der Waals surface area contributed by atoms with Crippen LogP contribution in [0.5, 0.6) is 0 Å². The number of cyclic esters (lactones) is 1. The van der Waals surface area contributed by atoms with Crippen molar-refractivity contribution in [2.24, 2.45) is 0 Å². The van der Waals surface area contributed by atoms with Crippen molar-refractivity contribution in [2.45, 2.75) is 63.1 Å². The number of pyridine rings is 1. The highest BCUT2D eigenvalue weighted by Gasteiger charge is 2.51. The molecule has 0 bridgehead atoms. The number of anilines is 3. The van der Waals surface area contributed by atoms with Gasteiger partial charge in [-0.2, -0.15) is 0 Å². The maximum absolute atomic E-state index is 12.9. The minimum atomic E-state index is -0.573. The van der Waals surface area contributed by atoms with Gasteiger partial charge in [-0.3, -0.25) is 4.90 Å². The van der Waals surface area contributed by atoms with Crippen molar-refractivity contribution in [3.8, 4) is 0 Å². The van der Waals surface area contributed by atoms with E-state index in [-0.39, 0.29) is 18.2 Å². The molecule has 0 spiro atoms. The van der Waals surface area contributed by atoms with Crippen molar-refractivity contribution in [3.05, 3.63) is 72.2 Å². The van der Waals surface area contributed by atoms with Crippen LogP contribution in [0.2, 0.25) is 0 Å². The fourth-order valence-corrected chi connectivity index (χ4v) is 5.32. The van der Waals surface area contributed by atoms with Crippen LogP contribution in [0.4, 0.5) is 22.2 Å². The van der Waals surface area contributed by atoms with Crippen LogP contribution in [0.15, 0.2) is 61.1 Å². The molecular formula is C26H30N6O2. The second kappa shape index (κ2) is 8.93. The van der Waals surface area contributed by atoms with E-state index in [2.05, 4.69) is 32.4 Å². The maximum Gasteiger partial charge on any atom is 0.411 e. The van der Waals surface area contributed by atoms with E-state index >= 15 is 0 Å². The monoisotopic (exact) mass is 458 g/mol. The van der Waals surface area contributed by atoms with Gasteiger partial charge in [-0.05, 0) is 68.7 Å². The zero-order valence-corrected chi connectivity index (χ0v) is 19.5. The van der Waals surface area contributed by atoms with Crippen LogP contribution >= 0.6 is 0 Å². The average molecular weight is 459 g/mol. The number of carbonyl (C=O) groups is 1. The van der Waals surface area contributed by atoms with Gasteiger partial charge in [-0.25, -0.2) is 19.7 Å². The molecular weight excluding hydrogens is 428 g/mol. The van der Waals surface area contributed by atoms with Crippen molar-refractivity contribution >= 4 is 23.5 Å². The molecule has 2 aromatic heterocycles. The molecule has 5 rings (SSSR count). The van der Waals surface area contributed by atoms with E-state index in [1.165, 1.54) is 0 Å². The third kappa shape index (κ3) is 4.27. The molecule has 176 valence electrons. The Morgan fingerprint density at radius 2 is 1.71 bits per heavy atom. The largest absolute Gasteiger partial charge is 0.441 e. The Morgan fingerprint density at radius 3 is 2.41 bits per heavy atom. The lowest BCUT2D eigenvalue weighted by molar-refractivity contribution is 0.0664. The number of nitrogen functional groups attached to an aromatic ring is 1. The van der Waals surface area contributed by atoms with E-state index in [0.29, 0.717) is 23.4 Å². The Bertz CT molecular complexity index is 1150. The third-order valence-corrected chi connectivity index (χ3v) is 6.93. The summed E-state index contributed by atoms with van der Waals surface area (Å²) in [4.78, 5) is 27.7. The summed E-state index contributed by atoms with van der Waals surface area (Å²) in [5.74, 6) is 1.25. The summed E-state index contributed by atoms with van der Waals surface area (Å²) < 4.78 is 5.82. The number of aromatic nitrogens is 3. The minimum Gasteiger partial charge on any atom is -0.441 e. The zero-order valence-electron chi connectivity index (χ0n) is 19.5. The molecule has 34 heavy (non-hydrogen) atoms. The lowest BCUT2D eigenvalue weighted by Gasteiger charge is -2.38. The van der Waals surface area contributed by atoms with Crippen LogP contribution in [-0.2, 0) is 4.74 Å². The first-order valence-corrected chi connectivity index (χ1v) is 11.8. The first-order valence-electron chi connectivity index (χ1n) is 11.8. The van der Waals surface area contributed by atoms with Gasteiger partial charge < -0.3 is 15.8 Å². The van der Waals surface area contributed by atoms with E-state index in [0.717, 1.165) is 36.8 Å². The molecule has 1 saturated carbocycles. The third-order valence-electron chi connectivity index (χ3n) is 6.93. The first-order chi connectivity index (χ1) is 16.4. The number of ether oxygens (including phenoxy) is 1. The van der Waals surface area contributed by atoms with Gasteiger partial charge in [0.25, 0.3) is 0 Å². The van der Waals surface area contributed by atoms with Crippen molar-refractivity contribution in [1.29, 1.82) is 0 Å². The van der Waals surface area contributed by atoms with Crippen molar-refractivity contribution < 1.29 is 9.53 Å². The molecule has 3 N–H and O–H groups in total. The lowest BCUT2D eigenvalue weighted by atomic mass is 9.80. The molecule has 3 aromatic rings. The van der Waals surface area contributed by atoms with E-state index in [1.54, 1.807) is 18.5 Å². The van der Waals surface area contributed by atoms with Gasteiger partial charge >= 0.3 is 6.09 Å². The van der Waals surface area contributed by atoms with Gasteiger partial charge in [0, 0.05) is 24.6 Å². The van der Waals surface area contributed by atoms with Gasteiger partial charge in [0.2, 0.25) is 5.95 Å². The molecule has 2 aliphatic rings. The van der Waals surface area contributed by atoms with Crippen molar-refractivity contribution in [2.75, 3.05) is 11.1 Å². The first kappa shape index (κ1) is 22.1. The molecule has 8 nitrogen and oxygen atoms in total. The lowest BCUT2D eigenvalue weighted by Crippen LogP contribution is -2.42. The smallest absolute Gasteiger partial charge is 0.411 e. The molecule has 8 heteroatoms. The number of hydrogen-bond acceptors (Lipinski definition) is 7. The second-order valence-electron chi connectivity index (χ2n) is 9.60. The van der Waals surface area contributed by atoms with E-state index in [4.69, 9.17) is 10.5 Å². The molecule has 1 aliphatic heterocycles. The number of benzene rings is 1. The van der Waals surface area contributed by atoms with Gasteiger partial charge in [-0.15, -0.1) is 0 Å². The number of rotatable bonds is 5. The predicted molar refractivity (Wildman–Crippen MR) is 131 cm³/mol. The van der Waals surface area contributed by atoms with E-state index in [9.17, 15) is 4.79 Å². The molecule has 1 atom stereocenters. The highest BCUT2D eigenvalue weighted by Crippen LogP contribution is 2.46. The van der Waals surface area contributed by atoms with Crippen LogP contribution in [0.25, 0.3) is 0 Å². The van der Waals surface area contributed by atoms with Crippen molar-refractivity contribution in [3.63, 3.8) is 0 Å². The van der Waals surface area contributed by atoms with Crippen LogP contribution in [0.1, 0.15) is 62.6 Å². The Morgan fingerprint density at radius 1 is 1.00 bits per heavy atom.